The molecule has 210 valence electrons. The number of nitrogens with one attached hydrogen (secondary N) is 1. The molecule has 0 bridgehead atoms. The van der Waals surface area contributed by atoms with Crippen LogP contribution >= 0.6 is 11.3 Å². The second kappa shape index (κ2) is 13.1. The Morgan fingerprint density at radius 2 is 1.79 bits per heavy atom. The van der Waals surface area contributed by atoms with E-state index in [1.807, 2.05) is 37.3 Å². The van der Waals surface area contributed by atoms with Crippen LogP contribution in [0, 0.1) is 12.7 Å². The molecule has 3 heterocycles. The monoisotopic (exact) mass is 559 g/mol. The third kappa shape index (κ3) is 7.09. The van der Waals surface area contributed by atoms with Crippen molar-refractivity contribution in [2.24, 2.45) is 0 Å². The van der Waals surface area contributed by atoms with E-state index in [9.17, 15) is 29.6 Å². The first-order chi connectivity index (χ1) is 18.7. The molecule has 5 rings (SSSR count). The zero-order valence-corrected chi connectivity index (χ0v) is 22.4. The molecular formula is C29H34FNO7S. The second-order valence-electron chi connectivity index (χ2n) is 9.87. The summed E-state index contributed by atoms with van der Waals surface area (Å²) in [7, 11) is 0. The van der Waals surface area contributed by atoms with Crippen molar-refractivity contribution < 1.29 is 39.5 Å². The van der Waals surface area contributed by atoms with E-state index in [0.29, 0.717) is 12.0 Å². The van der Waals surface area contributed by atoms with Gasteiger partial charge in [0.05, 0.1) is 6.61 Å². The van der Waals surface area contributed by atoms with Gasteiger partial charge in [-0.05, 0) is 72.8 Å². The van der Waals surface area contributed by atoms with Crippen LogP contribution in [0.2, 0.25) is 0 Å². The Morgan fingerprint density at radius 1 is 1.05 bits per heavy atom. The molecule has 8 nitrogen and oxygen atoms in total. The van der Waals surface area contributed by atoms with Crippen molar-refractivity contribution in [1.82, 2.24) is 5.32 Å². The lowest BCUT2D eigenvalue weighted by Crippen LogP contribution is -2.55. The van der Waals surface area contributed by atoms with Gasteiger partial charge in [0.15, 0.2) is 0 Å². The zero-order valence-electron chi connectivity index (χ0n) is 21.5. The Kier molecular flexibility index (Phi) is 9.84. The highest BCUT2D eigenvalue weighted by atomic mass is 32.1. The average molecular weight is 560 g/mol. The van der Waals surface area contributed by atoms with Gasteiger partial charge in [-0.3, -0.25) is 4.79 Å². The number of thiophene rings is 1. The van der Waals surface area contributed by atoms with Gasteiger partial charge >= 0.3 is 5.97 Å². The number of benzene rings is 2. The molecule has 0 radical (unpaired) electrons. The Hall–Kier alpha value is -2.70. The first-order valence-corrected chi connectivity index (χ1v) is 13.7. The lowest BCUT2D eigenvalue weighted by molar-refractivity contribution is -0.231. The second-order valence-corrected chi connectivity index (χ2v) is 11.0. The van der Waals surface area contributed by atoms with E-state index in [-0.39, 0.29) is 11.9 Å². The van der Waals surface area contributed by atoms with Crippen molar-refractivity contribution in [2.75, 3.05) is 13.2 Å². The molecule has 6 atom stereocenters. The molecule has 2 aliphatic rings. The van der Waals surface area contributed by atoms with Gasteiger partial charge in [0, 0.05) is 16.2 Å². The highest BCUT2D eigenvalue weighted by Crippen LogP contribution is 2.35. The maximum Gasteiger partial charge on any atom is 0.320 e. The fraction of sp³-hybridized carbons (Fsp3) is 0.414. The van der Waals surface area contributed by atoms with Gasteiger partial charge in [-0.1, -0.05) is 30.3 Å². The molecule has 2 aromatic carbocycles. The minimum absolute atomic E-state index is 0.263. The van der Waals surface area contributed by atoms with Crippen molar-refractivity contribution in [3.8, 4) is 10.4 Å². The fourth-order valence-corrected chi connectivity index (χ4v) is 5.80. The Bertz CT molecular complexity index is 1240. The van der Waals surface area contributed by atoms with Gasteiger partial charge in [0.25, 0.3) is 0 Å². The highest BCUT2D eigenvalue weighted by molar-refractivity contribution is 7.15. The average Bonchev–Trinajstić information content (AvgIpc) is 3.63. The maximum atomic E-state index is 13.2. The molecule has 39 heavy (non-hydrogen) atoms. The van der Waals surface area contributed by atoms with Crippen LogP contribution in [0.3, 0.4) is 0 Å². The summed E-state index contributed by atoms with van der Waals surface area (Å²) in [4.78, 5) is 12.3. The van der Waals surface area contributed by atoms with Gasteiger partial charge in [-0.2, -0.15) is 0 Å². The number of hydrogen-bond donors (Lipinski definition) is 6. The van der Waals surface area contributed by atoms with Crippen molar-refractivity contribution >= 4 is 17.3 Å². The number of aliphatic carboxylic acids is 1. The smallest absolute Gasteiger partial charge is 0.320 e. The van der Waals surface area contributed by atoms with Crippen LogP contribution in [0.15, 0.2) is 54.6 Å². The predicted octanol–water partition coefficient (Wildman–Crippen LogP) is 2.79. The number of carboxylic acid groups (broad SMARTS) is 1. The number of ether oxygens (including phenoxy) is 1. The van der Waals surface area contributed by atoms with Crippen molar-refractivity contribution in [3.05, 3.63) is 82.0 Å². The van der Waals surface area contributed by atoms with Crippen molar-refractivity contribution in [2.45, 2.75) is 62.7 Å². The number of hydrogen-bond acceptors (Lipinski definition) is 8. The Labute approximate surface area is 230 Å². The number of carboxylic acids is 1. The molecule has 2 aliphatic heterocycles. The van der Waals surface area contributed by atoms with E-state index < -0.39 is 43.1 Å². The summed E-state index contributed by atoms with van der Waals surface area (Å²) in [5, 5.41) is 51.2. The standard InChI is InChI=1S/C24H25FO5S.C5H9NO2/c1-13-2-3-15(24-23(29)22(28)21(27)19(12-26)30-24)10-16(13)11-18-8-9-20(31-18)14-4-6-17(25)7-5-14;7-5(8)4-2-1-3-6-4/h2-10,19,21-24,26-29H,11-12H2,1H3;4,6H,1-3H2,(H,7,8)/t19-,21-,22+,23-,24+;4-/m10/s1. The van der Waals surface area contributed by atoms with Gasteiger partial charge in [-0.25, -0.2) is 4.39 Å². The van der Waals surface area contributed by atoms with Crippen LogP contribution in [0.4, 0.5) is 4.39 Å². The molecule has 2 saturated heterocycles. The molecule has 0 amide bonds. The lowest BCUT2D eigenvalue weighted by Gasteiger charge is -2.40. The van der Waals surface area contributed by atoms with Crippen LogP contribution in [-0.4, -0.2) is 75.1 Å². The summed E-state index contributed by atoms with van der Waals surface area (Å²) < 4.78 is 18.9. The van der Waals surface area contributed by atoms with E-state index in [1.165, 1.54) is 12.1 Å². The van der Waals surface area contributed by atoms with E-state index in [2.05, 4.69) is 5.32 Å². The first-order valence-electron chi connectivity index (χ1n) is 12.9. The van der Waals surface area contributed by atoms with Crippen LogP contribution in [0.25, 0.3) is 10.4 Å². The summed E-state index contributed by atoms with van der Waals surface area (Å²) in [6.45, 7) is 2.40. The largest absolute Gasteiger partial charge is 0.480 e. The van der Waals surface area contributed by atoms with Crippen LogP contribution in [0.5, 0.6) is 0 Å². The molecule has 0 spiro atoms. The molecule has 0 aliphatic carbocycles. The van der Waals surface area contributed by atoms with Gasteiger partial charge < -0.3 is 35.6 Å². The fourth-order valence-electron chi connectivity index (χ4n) is 4.76. The molecule has 2 fully saturated rings. The van der Waals surface area contributed by atoms with Gasteiger partial charge in [0.2, 0.25) is 0 Å². The quantitative estimate of drug-likeness (QED) is 0.271. The minimum atomic E-state index is -1.41. The molecule has 10 heteroatoms. The summed E-state index contributed by atoms with van der Waals surface area (Å²) in [6, 6.07) is 15.9. The number of rotatable bonds is 6. The van der Waals surface area contributed by atoms with E-state index in [1.54, 1.807) is 23.5 Å². The van der Waals surface area contributed by atoms with Crippen molar-refractivity contribution in [3.63, 3.8) is 0 Å². The summed E-state index contributed by atoms with van der Waals surface area (Å²) in [6.07, 6.45) is -3.43. The predicted molar refractivity (Wildman–Crippen MR) is 145 cm³/mol. The third-order valence-corrected chi connectivity index (χ3v) is 8.24. The summed E-state index contributed by atoms with van der Waals surface area (Å²) in [5.74, 6) is -0.983. The van der Waals surface area contributed by atoms with Crippen LogP contribution < -0.4 is 5.32 Å². The highest BCUT2D eigenvalue weighted by Gasteiger charge is 2.44. The Balaban J connectivity index is 0.000000379. The minimum Gasteiger partial charge on any atom is -0.480 e. The molecule has 0 unspecified atom stereocenters. The van der Waals surface area contributed by atoms with E-state index in [4.69, 9.17) is 9.84 Å². The number of aliphatic hydroxyl groups is 4. The Morgan fingerprint density at radius 3 is 2.41 bits per heavy atom. The molecule has 0 saturated carbocycles. The summed E-state index contributed by atoms with van der Waals surface area (Å²) in [5.41, 5.74) is 3.75. The number of aryl methyl sites for hydroxylation is 1. The molecular weight excluding hydrogens is 525 g/mol. The first kappa shape index (κ1) is 29.3. The zero-order chi connectivity index (χ0) is 28.1. The summed E-state index contributed by atoms with van der Waals surface area (Å²) >= 11 is 1.63. The normalized spacial score (nSPS) is 26.6. The van der Waals surface area contributed by atoms with Crippen molar-refractivity contribution in [1.29, 1.82) is 0 Å². The van der Waals surface area contributed by atoms with Crippen LogP contribution in [0.1, 0.15) is 40.5 Å². The number of carbonyl (C=O) groups is 1. The van der Waals surface area contributed by atoms with Crippen LogP contribution in [-0.2, 0) is 16.0 Å². The van der Waals surface area contributed by atoms with Gasteiger partial charge in [-0.15, -0.1) is 11.3 Å². The topological polar surface area (TPSA) is 139 Å². The molecule has 1 aromatic heterocycles. The number of aliphatic hydroxyl groups excluding tert-OH is 4. The SMILES string of the molecule is Cc1ccc([C@@H]2O[C@H](CO)[C@@H](O)[C@H](O)[C@H]2O)cc1Cc1ccc(-c2ccc(F)cc2)s1.O=C(O)[C@@H]1CCCN1. The third-order valence-electron chi connectivity index (χ3n) is 7.11. The lowest BCUT2D eigenvalue weighted by atomic mass is 9.89. The van der Waals surface area contributed by atoms with E-state index in [0.717, 1.165) is 45.8 Å². The number of halogens is 1. The molecule has 3 aromatic rings. The maximum absolute atomic E-state index is 13.2. The van der Waals surface area contributed by atoms with Gasteiger partial charge in [0.1, 0.15) is 42.4 Å². The molecule has 6 N–H and O–H groups in total. The van der Waals surface area contributed by atoms with E-state index >= 15 is 0 Å².